The topological polar surface area (TPSA) is 41.1 Å². The molecule has 1 N–H and O–H groups in total. The van der Waals surface area contributed by atoms with Crippen LogP contribution in [0.25, 0.3) is 11.0 Å². The number of piperidine rings is 1. The highest BCUT2D eigenvalue weighted by Gasteiger charge is 2.27. The van der Waals surface area contributed by atoms with Gasteiger partial charge < -0.3 is 14.6 Å². The van der Waals surface area contributed by atoms with Crippen molar-refractivity contribution in [1.82, 2.24) is 14.9 Å². The summed E-state index contributed by atoms with van der Waals surface area (Å²) in [5.41, 5.74) is 3.80. The molecule has 1 fully saturated rings. The molecule has 4 heteroatoms. The summed E-state index contributed by atoms with van der Waals surface area (Å²) in [6.45, 7) is 2.10. The van der Waals surface area contributed by atoms with Crippen LogP contribution in [0.4, 0.5) is 0 Å². The third kappa shape index (κ3) is 3.37. The minimum atomic E-state index is -0.289. The molecule has 0 spiro atoms. The van der Waals surface area contributed by atoms with Crippen molar-refractivity contribution in [3.63, 3.8) is 0 Å². The Morgan fingerprint density at radius 1 is 1.15 bits per heavy atom. The fourth-order valence-corrected chi connectivity index (χ4v) is 3.55. The van der Waals surface area contributed by atoms with Gasteiger partial charge in [0.1, 0.15) is 11.9 Å². The maximum absolute atomic E-state index is 6.57. The third-order valence-electron chi connectivity index (χ3n) is 5.05. The molecular formula is C22H23N3O. The van der Waals surface area contributed by atoms with E-state index in [0.29, 0.717) is 0 Å². The molecule has 0 saturated carbocycles. The van der Waals surface area contributed by atoms with Crippen LogP contribution in [0.15, 0.2) is 48.5 Å². The maximum Gasteiger partial charge on any atom is 0.142 e. The van der Waals surface area contributed by atoms with E-state index in [4.69, 9.17) is 16.1 Å². The first-order chi connectivity index (χ1) is 12.7. The highest BCUT2D eigenvalue weighted by atomic mass is 16.5. The molecule has 1 saturated heterocycles. The van der Waals surface area contributed by atoms with Crippen molar-refractivity contribution in [3.05, 3.63) is 65.5 Å². The molecule has 1 aliphatic heterocycles. The van der Waals surface area contributed by atoms with Gasteiger partial charge in [-0.15, -0.1) is 6.42 Å². The van der Waals surface area contributed by atoms with Crippen molar-refractivity contribution < 1.29 is 4.74 Å². The first-order valence-corrected chi connectivity index (χ1v) is 9.09. The molecule has 0 bridgehead atoms. The Balaban J connectivity index is 1.72. The van der Waals surface area contributed by atoms with Gasteiger partial charge in [-0.05, 0) is 38.1 Å². The number of fused-ring (bicyclic) bond motifs is 1. The van der Waals surface area contributed by atoms with Crippen molar-refractivity contribution in [2.24, 2.45) is 0 Å². The average molecular weight is 345 g/mol. The molecule has 1 aliphatic rings. The van der Waals surface area contributed by atoms with Crippen LogP contribution in [0.3, 0.4) is 0 Å². The van der Waals surface area contributed by atoms with E-state index in [-0.39, 0.29) is 12.2 Å². The number of H-pyrrole nitrogens is 1. The Kier molecular flexibility index (Phi) is 4.75. The lowest BCUT2D eigenvalue weighted by molar-refractivity contribution is -0.0265. The van der Waals surface area contributed by atoms with Crippen molar-refractivity contribution in [3.8, 4) is 12.3 Å². The molecule has 4 nitrogen and oxygen atoms in total. The number of rotatable bonds is 4. The lowest BCUT2D eigenvalue weighted by Crippen LogP contribution is -2.35. The predicted octanol–water partition coefficient (Wildman–Crippen LogP) is 3.74. The number of aromatic nitrogens is 2. The molecule has 2 aromatic carbocycles. The quantitative estimate of drug-likeness (QED) is 0.732. The minimum absolute atomic E-state index is 0.204. The summed E-state index contributed by atoms with van der Waals surface area (Å²) in [7, 11) is 2.15. The number of benzene rings is 2. The Labute approximate surface area is 154 Å². The van der Waals surface area contributed by atoms with Gasteiger partial charge in [-0.3, -0.25) is 0 Å². The molecule has 3 aromatic rings. The molecular weight excluding hydrogens is 322 g/mol. The third-order valence-corrected chi connectivity index (χ3v) is 5.05. The van der Waals surface area contributed by atoms with E-state index in [1.807, 2.05) is 48.5 Å². The number of ether oxygens (including phenoxy) is 1. The van der Waals surface area contributed by atoms with Crippen LogP contribution >= 0.6 is 0 Å². The highest BCUT2D eigenvalue weighted by molar-refractivity contribution is 5.75. The van der Waals surface area contributed by atoms with Crippen LogP contribution in [0.1, 0.15) is 35.9 Å². The van der Waals surface area contributed by atoms with Crippen LogP contribution in [0.2, 0.25) is 0 Å². The normalized spacial score (nSPS) is 17.2. The average Bonchev–Trinajstić information content (AvgIpc) is 3.11. The van der Waals surface area contributed by atoms with Crippen molar-refractivity contribution >= 4 is 11.0 Å². The molecule has 1 unspecified atom stereocenters. The van der Waals surface area contributed by atoms with Gasteiger partial charge in [0.25, 0.3) is 0 Å². The SMILES string of the molecule is C#Cc1ccccc1C(OC1CCN(C)CC1)c1nc2ccccc2[nH]1. The Bertz CT molecular complexity index is 899. The molecule has 0 radical (unpaired) electrons. The molecule has 2 heterocycles. The van der Waals surface area contributed by atoms with Gasteiger partial charge in [0.05, 0.1) is 17.1 Å². The number of para-hydroxylation sites is 2. The van der Waals surface area contributed by atoms with Crippen molar-refractivity contribution in [2.75, 3.05) is 20.1 Å². The number of likely N-dealkylation sites (tertiary alicyclic amines) is 1. The first kappa shape index (κ1) is 16.8. The molecule has 4 rings (SSSR count). The van der Waals surface area contributed by atoms with Crippen LogP contribution in [0, 0.1) is 12.3 Å². The summed E-state index contributed by atoms with van der Waals surface area (Å²) in [5, 5.41) is 0. The molecule has 1 atom stereocenters. The lowest BCUT2D eigenvalue weighted by Gasteiger charge is -2.31. The Hall–Kier alpha value is -2.61. The standard InChI is InChI=1S/C22H23N3O/c1-3-16-8-4-5-9-18(16)21(26-17-12-14-25(2)15-13-17)22-23-19-10-6-7-11-20(19)24-22/h1,4-11,17,21H,12-15H2,2H3,(H,23,24). The summed E-state index contributed by atoms with van der Waals surface area (Å²) in [4.78, 5) is 10.6. The van der Waals surface area contributed by atoms with Gasteiger partial charge in [0, 0.05) is 24.2 Å². The van der Waals surface area contributed by atoms with Crippen LogP contribution < -0.4 is 0 Å². The zero-order chi connectivity index (χ0) is 17.9. The summed E-state index contributed by atoms with van der Waals surface area (Å²) in [6, 6.07) is 16.0. The van der Waals surface area contributed by atoms with Crippen LogP contribution in [0.5, 0.6) is 0 Å². The van der Waals surface area contributed by atoms with E-state index in [2.05, 4.69) is 22.9 Å². The zero-order valence-electron chi connectivity index (χ0n) is 15.0. The fourth-order valence-electron chi connectivity index (χ4n) is 3.55. The van der Waals surface area contributed by atoms with Crippen LogP contribution in [-0.2, 0) is 4.74 Å². The largest absolute Gasteiger partial charge is 0.362 e. The maximum atomic E-state index is 6.57. The van der Waals surface area contributed by atoms with E-state index < -0.39 is 0 Å². The summed E-state index contributed by atoms with van der Waals surface area (Å²) < 4.78 is 6.57. The smallest absolute Gasteiger partial charge is 0.142 e. The zero-order valence-corrected chi connectivity index (χ0v) is 15.0. The number of nitrogens with one attached hydrogen (secondary N) is 1. The Morgan fingerprint density at radius 2 is 1.88 bits per heavy atom. The molecule has 0 amide bonds. The van der Waals surface area contributed by atoms with Crippen molar-refractivity contribution in [2.45, 2.75) is 25.0 Å². The highest BCUT2D eigenvalue weighted by Crippen LogP contribution is 2.31. The number of terminal acetylenes is 1. The van der Waals surface area contributed by atoms with Gasteiger partial charge in [-0.25, -0.2) is 4.98 Å². The monoisotopic (exact) mass is 345 g/mol. The number of imidazole rings is 1. The first-order valence-electron chi connectivity index (χ1n) is 9.09. The second kappa shape index (κ2) is 7.33. The minimum Gasteiger partial charge on any atom is -0.362 e. The lowest BCUT2D eigenvalue weighted by atomic mass is 10.0. The van der Waals surface area contributed by atoms with E-state index in [1.165, 1.54) is 0 Å². The van der Waals surface area contributed by atoms with Crippen molar-refractivity contribution in [1.29, 1.82) is 0 Å². The van der Waals surface area contributed by atoms with E-state index >= 15 is 0 Å². The van der Waals surface area contributed by atoms with Gasteiger partial charge in [-0.2, -0.15) is 0 Å². The van der Waals surface area contributed by atoms with Crippen LogP contribution in [-0.4, -0.2) is 41.1 Å². The summed E-state index contributed by atoms with van der Waals surface area (Å²) in [5.74, 6) is 3.61. The second-order valence-corrected chi connectivity index (χ2v) is 6.89. The number of nitrogens with zero attached hydrogens (tertiary/aromatic N) is 2. The molecule has 26 heavy (non-hydrogen) atoms. The number of hydrogen-bond acceptors (Lipinski definition) is 3. The molecule has 132 valence electrons. The van der Waals surface area contributed by atoms with Gasteiger partial charge in [0.15, 0.2) is 0 Å². The number of aromatic amines is 1. The Morgan fingerprint density at radius 3 is 2.65 bits per heavy atom. The molecule has 1 aromatic heterocycles. The fraction of sp³-hybridized carbons (Fsp3) is 0.318. The van der Waals surface area contributed by atoms with E-state index in [9.17, 15) is 0 Å². The second-order valence-electron chi connectivity index (χ2n) is 6.89. The molecule has 0 aliphatic carbocycles. The number of hydrogen-bond donors (Lipinski definition) is 1. The van der Waals surface area contributed by atoms with E-state index in [0.717, 1.165) is 53.9 Å². The summed E-state index contributed by atoms with van der Waals surface area (Å²) >= 11 is 0. The predicted molar refractivity (Wildman–Crippen MR) is 104 cm³/mol. The van der Waals surface area contributed by atoms with E-state index in [1.54, 1.807) is 0 Å². The summed E-state index contributed by atoms with van der Waals surface area (Å²) in [6.07, 6.45) is 7.70. The van der Waals surface area contributed by atoms with Gasteiger partial charge in [0.2, 0.25) is 0 Å². The van der Waals surface area contributed by atoms with Gasteiger partial charge in [-0.1, -0.05) is 36.3 Å². The van der Waals surface area contributed by atoms with Gasteiger partial charge >= 0.3 is 0 Å².